The fourth-order valence-electron chi connectivity index (χ4n) is 1.15. The summed E-state index contributed by atoms with van der Waals surface area (Å²) in [6, 6.07) is 1.95. The Morgan fingerprint density at radius 2 is 2.00 bits per heavy atom. The fourth-order valence-corrected chi connectivity index (χ4v) is 1.22. The van der Waals surface area contributed by atoms with Crippen molar-refractivity contribution in [1.82, 2.24) is 0 Å². The van der Waals surface area contributed by atoms with Gasteiger partial charge in [0, 0.05) is 11.6 Å². The Kier molecular flexibility index (Phi) is 5.32. The predicted molar refractivity (Wildman–Crippen MR) is 63.5 cm³/mol. The molecule has 18 heavy (non-hydrogen) atoms. The maximum atomic E-state index is 13.5. The van der Waals surface area contributed by atoms with Gasteiger partial charge in [0.2, 0.25) is 0 Å². The summed E-state index contributed by atoms with van der Waals surface area (Å²) in [6.45, 7) is -0.0678. The van der Waals surface area contributed by atoms with E-state index in [0.29, 0.717) is 0 Å². The number of hydrogen-bond donors (Lipinski definition) is 1. The summed E-state index contributed by atoms with van der Waals surface area (Å²) in [5, 5.41) is 8.39. The second-order valence-electron chi connectivity index (χ2n) is 3.16. The van der Waals surface area contributed by atoms with Gasteiger partial charge in [0.15, 0.2) is 17.4 Å². The molecule has 0 atom stereocenters. The topological polar surface area (TPSA) is 46.5 Å². The van der Waals surface area contributed by atoms with E-state index >= 15 is 0 Å². The Bertz CT molecular complexity index is 475. The van der Waals surface area contributed by atoms with E-state index in [2.05, 4.69) is 0 Å². The molecule has 1 N–H and O–H groups in total. The number of ether oxygens (including phenoxy) is 1. The summed E-state index contributed by atoms with van der Waals surface area (Å²) in [5.41, 5.74) is 1.26. The highest BCUT2D eigenvalue weighted by Gasteiger charge is 2.11. The molecule has 0 fully saturated rings. The summed E-state index contributed by atoms with van der Waals surface area (Å²) >= 11 is 5.23. The van der Waals surface area contributed by atoms with E-state index in [1.807, 2.05) is 0 Å². The van der Waals surface area contributed by atoms with Crippen LogP contribution in [0.3, 0.4) is 0 Å². The monoisotopic (exact) mass is 274 g/mol. The molecule has 0 unspecified atom stereocenters. The summed E-state index contributed by atoms with van der Waals surface area (Å²) in [6.07, 6.45) is 3.24. The molecular weight excluding hydrogens is 266 g/mol. The van der Waals surface area contributed by atoms with Gasteiger partial charge in [0.25, 0.3) is 0 Å². The van der Waals surface area contributed by atoms with E-state index in [9.17, 15) is 13.6 Å². The molecule has 0 aromatic heterocycles. The van der Waals surface area contributed by atoms with Crippen molar-refractivity contribution in [2.75, 3.05) is 6.61 Å². The first-order valence-corrected chi connectivity index (χ1v) is 5.26. The normalized spacial score (nSPS) is 11.3. The van der Waals surface area contributed by atoms with Crippen LogP contribution in [0.15, 0.2) is 29.8 Å². The highest BCUT2D eigenvalue weighted by atomic mass is 35.5. The summed E-state index contributed by atoms with van der Waals surface area (Å²) in [7, 11) is 0. The van der Waals surface area contributed by atoms with Gasteiger partial charge >= 0.3 is 5.97 Å². The van der Waals surface area contributed by atoms with Crippen molar-refractivity contribution < 1.29 is 23.4 Å². The van der Waals surface area contributed by atoms with Crippen LogP contribution in [0.25, 0.3) is 6.08 Å². The van der Waals surface area contributed by atoms with Crippen LogP contribution in [0.1, 0.15) is 5.56 Å². The van der Waals surface area contributed by atoms with Gasteiger partial charge in [-0.1, -0.05) is 11.6 Å². The number of carboxylic acids is 1. The summed E-state index contributed by atoms with van der Waals surface area (Å²) < 4.78 is 31.7. The van der Waals surface area contributed by atoms with Crippen LogP contribution in [0.4, 0.5) is 8.78 Å². The molecule has 3 nitrogen and oxygen atoms in total. The summed E-state index contributed by atoms with van der Waals surface area (Å²) in [5.74, 6) is -3.56. The van der Waals surface area contributed by atoms with E-state index in [1.54, 1.807) is 0 Å². The zero-order valence-corrected chi connectivity index (χ0v) is 9.82. The van der Waals surface area contributed by atoms with Crippen molar-refractivity contribution in [3.8, 4) is 5.75 Å². The lowest BCUT2D eigenvalue weighted by molar-refractivity contribution is -0.131. The van der Waals surface area contributed by atoms with Gasteiger partial charge in [-0.05, 0) is 29.8 Å². The molecule has 0 amide bonds. The largest absolute Gasteiger partial charge is 0.483 e. The first-order chi connectivity index (χ1) is 8.54. The molecule has 6 heteroatoms. The zero-order chi connectivity index (χ0) is 13.5. The maximum Gasteiger partial charge on any atom is 0.328 e. The van der Waals surface area contributed by atoms with E-state index in [-0.39, 0.29) is 12.2 Å². The molecule has 0 saturated heterocycles. The minimum atomic E-state index is -1.21. The molecule has 0 heterocycles. The highest BCUT2D eigenvalue weighted by molar-refractivity contribution is 6.25. The minimum Gasteiger partial charge on any atom is -0.483 e. The lowest BCUT2D eigenvalue weighted by Gasteiger charge is -2.06. The number of carbonyl (C=O) groups is 1. The van der Waals surface area contributed by atoms with Crippen LogP contribution in [-0.4, -0.2) is 17.7 Å². The Morgan fingerprint density at radius 1 is 1.39 bits per heavy atom. The van der Waals surface area contributed by atoms with Crippen LogP contribution in [0.2, 0.25) is 0 Å². The number of rotatable bonds is 5. The molecule has 1 rings (SSSR count). The van der Waals surface area contributed by atoms with Crippen LogP contribution in [0, 0.1) is 11.6 Å². The predicted octanol–water partition coefficient (Wildman–Crippen LogP) is 3.19. The molecule has 0 radical (unpaired) electrons. The lowest BCUT2D eigenvalue weighted by Crippen LogP contribution is -1.99. The maximum absolute atomic E-state index is 13.5. The van der Waals surface area contributed by atoms with Crippen LogP contribution >= 0.6 is 11.6 Å². The Morgan fingerprint density at radius 3 is 2.50 bits per heavy atom. The van der Waals surface area contributed by atoms with Crippen molar-refractivity contribution >= 4 is 23.6 Å². The zero-order valence-electron chi connectivity index (χ0n) is 9.07. The van der Waals surface area contributed by atoms with E-state index in [0.717, 1.165) is 24.3 Å². The second-order valence-corrected chi connectivity index (χ2v) is 3.41. The average Bonchev–Trinajstić information content (AvgIpc) is 2.30. The van der Waals surface area contributed by atoms with Crippen molar-refractivity contribution in [2.24, 2.45) is 0 Å². The number of hydrogen-bond acceptors (Lipinski definition) is 2. The number of carboxylic acid groups (broad SMARTS) is 1. The fraction of sp³-hybridized carbons (Fsp3) is 0.0833. The van der Waals surface area contributed by atoms with Gasteiger partial charge in [-0.2, -0.15) is 0 Å². The molecule has 1 aromatic carbocycles. The number of halogens is 3. The molecule has 0 aliphatic carbocycles. The van der Waals surface area contributed by atoms with E-state index in [4.69, 9.17) is 21.4 Å². The Balaban J connectivity index is 2.93. The standard InChI is InChI=1S/C12H9ClF2O3/c13-4-1-5-18-12-9(14)6-8(7-10(12)15)2-3-11(16)17/h1-4,6-7H,5H2,(H,16,17). The van der Waals surface area contributed by atoms with E-state index < -0.39 is 23.4 Å². The highest BCUT2D eigenvalue weighted by Crippen LogP contribution is 2.24. The van der Waals surface area contributed by atoms with Gasteiger partial charge in [0.05, 0.1) is 0 Å². The first-order valence-electron chi connectivity index (χ1n) is 4.82. The first kappa shape index (κ1) is 14.2. The van der Waals surface area contributed by atoms with Gasteiger partial charge in [-0.25, -0.2) is 13.6 Å². The minimum absolute atomic E-state index is 0.0678. The quantitative estimate of drug-likeness (QED) is 0.839. The second kappa shape index (κ2) is 6.76. The molecule has 96 valence electrons. The van der Waals surface area contributed by atoms with Crippen LogP contribution in [-0.2, 0) is 4.79 Å². The molecule has 0 spiro atoms. The van der Waals surface area contributed by atoms with Crippen molar-refractivity contribution in [3.05, 3.63) is 47.0 Å². The third kappa shape index (κ3) is 4.18. The molecule has 0 aliphatic rings. The number of aliphatic carboxylic acids is 1. The summed E-state index contributed by atoms with van der Waals surface area (Å²) in [4.78, 5) is 10.3. The van der Waals surface area contributed by atoms with Crippen LogP contribution < -0.4 is 4.74 Å². The number of benzene rings is 1. The average molecular weight is 275 g/mol. The molecule has 0 bridgehead atoms. The van der Waals surface area contributed by atoms with Gasteiger partial charge in [0.1, 0.15) is 6.61 Å². The molecule has 0 saturated carbocycles. The van der Waals surface area contributed by atoms with E-state index in [1.165, 1.54) is 11.6 Å². The van der Waals surface area contributed by atoms with Crippen molar-refractivity contribution in [3.63, 3.8) is 0 Å². The smallest absolute Gasteiger partial charge is 0.328 e. The third-order valence-corrected chi connectivity index (χ3v) is 2.03. The van der Waals surface area contributed by atoms with Gasteiger partial charge in [-0.15, -0.1) is 0 Å². The van der Waals surface area contributed by atoms with Crippen LogP contribution in [0.5, 0.6) is 5.75 Å². The lowest BCUT2D eigenvalue weighted by atomic mass is 10.2. The van der Waals surface area contributed by atoms with Gasteiger partial charge < -0.3 is 9.84 Å². The molecule has 1 aromatic rings. The molecular formula is C12H9ClF2O3. The molecule has 0 aliphatic heterocycles. The Hall–Kier alpha value is -1.88. The van der Waals surface area contributed by atoms with Crippen molar-refractivity contribution in [2.45, 2.75) is 0 Å². The SMILES string of the molecule is O=C(O)C=Cc1cc(F)c(OCC=CCl)c(F)c1. The Labute approximate surface area is 107 Å². The van der Waals surface area contributed by atoms with Gasteiger partial charge in [-0.3, -0.25) is 0 Å². The van der Waals surface area contributed by atoms with Crippen molar-refractivity contribution in [1.29, 1.82) is 0 Å². The third-order valence-electron chi connectivity index (χ3n) is 1.85.